The van der Waals surface area contributed by atoms with Gasteiger partial charge in [0.2, 0.25) is 10.0 Å². The summed E-state index contributed by atoms with van der Waals surface area (Å²) in [5, 5.41) is 0. The summed E-state index contributed by atoms with van der Waals surface area (Å²) in [7, 11) is -4.21. The SMILES string of the molecule is O=S(=O)(c1c(F)cccc1F)N1CCC2(CC1)OCCCO2. The highest BCUT2D eigenvalue weighted by atomic mass is 32.2. The van der Waals surface area contributed by atoms with E-state index < -0.39 is 32.3 Å². The van der Waals surface area contributed by atoms with E-state index in [-0.39, 0.29) is 13.1 Å². The summed E-state index contributed by atoms with van der Waals surface area (Å²) in [5.41, 5.74) is 0. The van der Waals surface area contributed by atoms with E-state index in [2.05, 4.69) is 0 Å². The van der Waals surface area contributed by atoms with Crippen molar-refractivity contribution in [1.29, 1.82) is 0 Å². The van der Waals surface area contributed by atoms with Crippen LogP contribution in [0.1, 0.15) is 19.3 Å². The van der Waals surface area contributed by atoms with E-state index in [0.717, 1.165) is 28.9 Å². The standard InChI is InChI=1S/C14H17F2NO4S/c15-11-3-1-4-12(16)13(11)22(18,19)17-7-5-14(6-8-17)20-9-2-10-21-14/h1,3-4H,2,5-10H2. The number of rotatable bonds is 2. The molecule has 122 valence electrons. The first kappa shape index (κ1) is 15.8. The summed E-state index contributed by atoms with van der Waals surface area (Å²) >= 11 is 0. The van der Waals surface area contributed by atoms with Crippen molar-refractivity contribution < 1.29 is 26.7 Å². The van der Waals surface area contributed by atoms with Gasteiger partial charge in [0.15, 0.2) is 10.7 Å². The number of halogens is 2. The third-order valence-corrected chi connectivity index (χ3v) is 5.97. The molecule has 0 saturated carbocycles. The maximum Gasteiger partial charge on any atom is 0.248 e. The smallest absolute Gasteiger partial charge is 0.248 e. The predicted molar refractivity (Wildman–Crippen MR) is 73.6 cm³/mol. The lowest BCUT2D eigenvalue weighted by Crippen LogP contribution is -2.51. The Morgan fingerprint density at radius 1 is 1.05 bits per heavy atom. The number of benzene rings is 1. The Kier molecular flexibility index (Phi) is 4.19. The van der Waals surface area contributed by atoms with Gasteiger partial charge in [-0.05, 0) is 18.6 Å². The van der Waals surface area contributed by atoms with Crippen LogP contribution in [0, 0.1) is 11.6 Å². The van der Waals surface area contributed by atoms with Crippen molar-refractivity contribution in [2.45, 2.75) is 29.9 Å². The number of nitrogens with zero attached hydrogens (tertiary/aromatic N) is 1. The molecule has 0 atom stereocenters. The van der Waals surface area contributed by atoms with Crippen LogP contribution in [0.25, 0.3) is 0 Å². The third-order valence-electron chi connectivity index (χ3n) is 4.02. The molecule has 0 unspecified atom stereocenters. The molecule has 2 saturated heterocycles. The molecule has 1 aromatic carbocycles. The lowest BCUT2D eigenvalue weighted by molar-refractivity contribution is -0.280. The molecule has 8 heteroatoms. The Morgan fingerprint density at radius 2 is 1.59 bits per heavy atom. The summed E-state index contributed by atoms with van der Waals surface area (Å²) in [6.45, 7) is 1.37. The van der Waals surface area contributed by atoms with Crippen LogP contribution < -0.4 is 0 Å². The van der Waals surface area contributed by atoms with Gasteiger partial charge in [0, 0.05) is 25.9 Å². The topological polar surface area (TPSA) is 55.8 Å². The zero-order valence-electron chi connectivity index (χ0n) is 11.9. The van der Waals surface area contributed by atoms with Crippen LogP contribution >= 0.6 is 0 Å². The van der Waals surface area contributed by atoms with Gasteiger partial charge < -0.3 is 9.47 Å². The van der Waals surface area contributed by atoms with Crippen LogP contribution in [0.2, 0.25) is 0 Å². The molecule has 2 heterocycles. The Bertz CT molecular complexity index is 629. The Balaban J connectivity index is 1.80. The zero-order valence-corrected chi connectivity index (χ0v) is 12.7. The van der Waals surface area contributed by atoms with E-state index in [0.29, 0.717) is 26.1 Å². The van der Waals surface area contributed by atoms with Crippen LogP contribution in [0.4, 0.5) is 8.78 Å². The molecule has 0 radical (unpaired) electrons. The molecular weight excluding hydrogens is 316 g/mol. The second kappa shape index (κ2) is 5.84. The minimum atomic E-state index is -4.21. The van der Waals surface area contributed by atoms with Crippen LogP contribution in [0.3, 0.4) is 0 Å². The molecule has 0 aromatic heterocycles. The summed E-state index contributed by atoms with van der Waals surface area (Å²) in [6, 6.07) is 3.02. The van der Waals surface area contributed by atoms with Gasteiger partial charge in [0.25, 0.3) is 0 Å². The summed E-state index contributed by atoms with van der Waals surface area (Å²) in [5.74, 6) is -2.91. The van der Waals surface area contributed by atoms with E-state index in [1.165, 1.54) is 0 Å². The average molecular weight is 333 g/mol. The van der Waals surface area contributed by atoms with Gasteiger partial charge in [-0.3, -0.25) is 0 Å². The molecule has 0 aliphatic carbocycles. The first-order valence-corrected chi connectivity index (χ1v) is 8.61. The van der Waals surface area contributed by atoms with Gasteiger partial charge >= 0.3 is 0 Å². The normalized spacial score (nSPS) is 22.8. The lowest BCUT2D eigenvalue weighted by atomic mass is 10.0. The maximum absolute atomic E-state index is 13.8. The minimum absolute atomic E-state index is 0.107. The Hall–Kier alpha value is -1.09. The molecule has 0 bridgehead atoms. The highest BCUT2D eigenvalue weighted by molar-refractivity contribution is 7.89. The van der Waals surface area contributed by atoms with E-state index in [9.17, 15) is 17.2 Å². The quantitative estimate of drug-likeness (QED) is 0.829. The monoisotopic (exact) mass is 333 g/mol. The van der Waals surface area contributed by atoms with Crippen molar-refractivity contribution in [3.05, 3.63) is 29.8 Å². The molecule has 5 nitrogen and oxygen atoms in total. The van der Waals surface area contributed by atoms with Gasteiger partial charge in [-0.15, -0.1) is 0 Å². The van der Waals surface area contributed by atoms with Crippen molar-refractivity contribution in [1.82, 2.24) is 4.31 Å². The molecule has 0 N–H and O–H groups in total. The number of sulfonamides is 1. The van der Waals surface area contributed by atoms with E-state index >= 15 is 0 Å². The molecule has 3 rings (SSSR count). The predicted octanol–water partition coefficient (Wildman–Crippen LogP) is 1.88. The van der Waals surface area contributed by atoms with Gasteiger partial charge in [-0.25, -0.2) is 17.2 Å². The maximum atomic E-state index is 13.8. The number of piperidine rings is 1. The third kappa shape index (κ3) is 2.76. The van der Waals surface area contributed by atoms with E-state index in [1.807, 2.05) is 0 Å². The Labute approximate surface area is 127 Å². The van der Waals surface area contributed by atoms with E-state index in [4.69, 9.17) is 9.47 Å². The summed E-state index contributed by atoms with van der Waals surface area (Å²) in [6.07, 6.45) is 1.51. The van der Waals surface area contributed by atoms with Crippen molar-refractivity contribution in [2.75, 3.05) is 26.3 Å². The largest absolute Gasteiger partial charge is 0.350 e. The van der Waals surface area contributed by atoms with Crippen molar-refractivity contribution in [3.8, 4) is 0 Å². The fourth-order valence-electron chi connectivity index (χ4n) is 2.83. The van der Waals surface area contributed by atoms with Gasteiger partial charge in [0.1, 0.15) is 11.6 Å². The summed E-state index contributed by atoms with van der Waals surface area (Å²) in [4.78, 5) is -0.892. The van der Waals surface area contributed by atoms with Crippen LogP contribution in [0.5, 0.6) is 0 Å². The van der Waals surface area contributed by atoms with Gasteiger partial charge in [0.05, 0.1) is 13.2 Å². The molecule has 2 fully saturated rings. The van der Waals surface area contributed by atoms with Crippen LogP contribution in [0.15, 0.2) is 23.1 Å². The second-order valence-electron chi connectivity index (χ2n) is 5.42. The van der Waals surface area contributed by atoms with Crippen molar-refractivity contribution in [3.63, 3.8) is 0 Å². The minimum Gasteiger partial charge on any atom is -0.350 e. The van der Waals surface area contributed by atoms with E-state index in [1.54, 1.807) is 0 Å². The fourth-order valence-corrected chi connectivity index (χ4v) is 4.38. The Morgan fingerprint density at radius 3 is 2.14 bits per heavy atom. The van der Waals surface area contributed by atoms with Crippen LogP contribution in [-0.4, -0.2) is 44.8 Å². The highest BCUT2D eigenvalue weighted by Gasteiger charge is 2.42. The molecule has 0 amide bonds. The first-order valence-electron chi connectivity index (χ1n) is 7.17. The van der Waals surface area contributed by atoms with Crippen LogP contribution in [-0.2, 0) is 19.5 Å². The number of ether oxygens (including phenoxy) is 2. The molecule has 1 spiro atoms. The second-order valence-corrected chi connectivity index (χ2v) is 7.29. The lowest BCUT2D eigenvalue weighted by Gasteiger charge is -2.42. The van der Waals surface area contributed by atoms with Crippen molar-refractivity contribution >= 4 is 10.0 Å². The van der Waals surface area contributed by atoms with Gasteiger partial charge in [-0.1, -0.05) is 6.07 Å². The number of hydrogen-bond donors (Lipinski definition) is 0. The zero-order chi connectivity index (χ0) is 15.8. The number of hydrogen-bond acceptors (Lipinski definition) is 4. The molecule has 2 aliphatic rings. The highest BCUT2D eigenvalue weighted by Crippen LogP contribution is 2.33. The van der Waals surface area contributed by atoms with Crippen molar-refractivity contribution in [2.24, 2.45) is 0 Å². The van der Waals surface area contributed by atoms with Gasteiger partial charge in [-0.2, -0.15) is 4.31 Å². The molecular formula is C14H17F2NO4S. The first-order chi connectivity index (χ1) is 10.4. The summed E-state index contributed by atoms with van der Waals surface area (Å²) < 4.78 is 64.8. The fraction of sp³-hybridized carbons (Fsp3) is 0.571. The molecule has 2 aliphatic heterocycles. The molecule has 1 aromatic rings. The average Bonchev–Trinajstić information content (AvgIpc) is 2.48. The molecule has 22 heavy (non-hydrogen) atoms.